The van der Waals surface area contributed by atoms with Crippen LogP contribution in [0.3, 0.4) is 0 Å². The van der Waals surface area contributed by atoms with Crippen molar-refractivity contribution in [1.82, 2.24) is 10.3 Å². The van der Waals surface area contributed by atoms with Crippen molar-refractivity contribution in [2.45, 2.75) is 26.2 Å². The van der Waals surface area contributed by atoms with Gasteiger partial charge in [0.05, 0.1) is 6.42 Å². The van der Waals surface area contributed by atoms with Crippen LogP contribution in [0, 0.1) is 0 Å². The van der Waals surface area contributed by atoms with Gasteiger partial charge in [0.1, 0.15) is 0 Å². The van der Waals surface area contributed by atoms with Crippen LogP contribution in [0.25, 0.3) is 0 Å². The molecule has 0 fully saturated rings. The van der Waals surface area contributed by atoms with Gasteiger partial charge in [0.15, 0.2) is 0 Å². The Morgan fingerprint density at radius 2 is 2.46 bits per heavy atom. The van der Waals surface area contributed by atoms with Crippen molar-refractivity contribution in [2.24, 2.45) is 0 Å². The summed E-state index contributed by atoms with van der Waals surface area (Å²) in [7, 11) is 0. The Hall–Kier alpha value is -1.25. The van der Waals surface area contributed by atoms with Gasteiger partial charge in [0, 0.05) is 18.9 Å². The van der Waals surface area contributed by atoms with Gasteiger partial charge in [-0.05, 0) is 18.1 Å². The molecule has 1 rings (SSSR count). The van der Waals surface area contributed by atoms with E-state index in [0.29, 0.717) is 6.42 Å². The summed E-state index contributed by atoms with van der Waals surface area (Å²) in [5, 5.41) is 2.87. The maximum Gasteiger partial charge on any atom is 0.224 e. The first kappa shape index (κ1) is 9.84. The van der Waals surface area contributed by atoms with Gasteiger partial charge in [-0.3, -0.25) is 4.79 Å². The Bertz CT molecular complexity index is 241. The summed E-state index contributed by atoms with van der Waals surface area (Å²) in [6.07, 6.45) is 6.32. The zero-order valence-electron chi connectivity index (χ0n) is 7.97. The van der Waals surface area contributed by atoms with Crippen molar-refractivity contribution in [3.8, 4) is 0 Å². The lowest BCUT2D eigenvalue weighted by Gasteiger charge is -2.01. The highest BCUT2D eigenvalue weighted by atomic mass is 16.1. The van der Waals surface area contributed by atoms with Gasteiger partial charge in [0.25, 0.3) is 0 Å². The van der Waals surface area contributed by atoms with E-state index in [1.807, 2.05) is 18.5 Å². The Balaban J connectivity index is 2.18. The molecule has 1 amide bonds. The molecule has 0 aliphatic heterocycles. The minimum Gasteiger partial charge on any atom is -0.367 e. The Morgan fingerprint density at radius 3 is 3.08 bits per heavy atom. The van der Waals surface area contributed by atoms with Crippen LogP contribution in [0.5, 0.6) is 0 Å². The van der Waals surface area contributed by atoms with E-state index in [1.165, 1.54) is 0 Å². The number of carbonyl (C=O) groups excluding carboxylic acids is 1. The van der Waals surface area contributed by atoms with Gasteiger partial charge in [-0.15, -0.1) is 0 Å². The molecule has 0 aromatic carbocycles. The smallest absolute Gasteiger partial charge is 0.224 e. The molecule has 3 nitrogen and oxygen atoms in total. The summed E-state index contributed by atoms with van der Waals surface area (Å²) >= 11 is 0. The van der Waals surface area contributed by atoms with E-state index in [4.69, 9.17) is 0 Å². The number of unbranched alkanes of at least 4 members (excludes halogenated alkanes) is 1. The number of hydrogen-bond acceptors (Lipinski definition) is 1. The molecular weight excluding hydrogens is 164 g/mol. The van der Waals surface area contributed by atoms with Crippen LogP contribution in [0.2, 0.25) is 0 Å². The Kier molecular flexibility index (Phi) is 4.09. The van der Waals surface area contributed by atoms with E-state index in [0.717, 1.165) is 24.9 Å². The molecule has 0 unspecified atom stereocenters. The Labute approximate surface area is 78.5 Å². The maximum absolute atomic E-state index is 11.3. The number of aromatic amines is 1. The average Bonchev–Trinajstić information content (AvgIpc) is 2.57. The van der Waals surface area contributed by atoms with Gasteiger partial charge in [-0.1, -0.05) is 13.3 Å². The molecule has 72 valence electrons. The third kappa shape index (κ3) is 3.78. The number of nitrogens with one attached hydrogen (secondary N) is 2. The molecule has 0 saturated carbocycles. The van der Waals surface area contributed by atoms with Crippen molar-refractivity contribution in [3.63, 3.8) is 0 Å². The van der Waals surface area contributed by atoms with Crippen molar-refractivity contribution >= 4 is 5.91 Å². The predicted octanol–water partition coefficient (Wildman–Crippen LogP) is 1.47. The molecular formula is C10H16N2O. The van der Waals surface area contributed by atoms with E-state index < -0.39 is 0 Å². The second kappa shape index (κ2) is 5.41. The summed E-state index contributed by atoms with van der Waals surface area (Å²) in [5.74, 6) is 0.105. The van der Waals surface area contributed by atoms with Crippen LogP contribution >= 0.6 is 0 Å². The monoisotopic (exact) mass is 180 g/mol. The van der Waals surface area contributed by atoms with E-state index in [2.05, 4.69) is 17.2 Å². The summed E-state index contributed by atoms with van der Waals surface area (Å²) in [6, 6.07) is 1.92. The Morgan fingerprint density at radius 1 is 1.62 bits per heavy atom. The number of aromatic nitrogens is 1. The predicted molar refractivity (Wildman–Crippen MR) is 52.4 cm³/mol. The first-order valence-electron chi connectivity index (χ1n) is 4.71. The summed E-state index contributed by atoms with van der Waals surface area (Å²) in [4.78, 5) is 14.2. The second-order valence-electron chi connectivity index (χ2n) is 3.10. The molecule has 13 heavy (non-hydrogen) atoms. The first-order chi connectivity index (χ1) is 6.33. The highest BCUT2D eigenvalue weighted by Crippen LogP contribution is 1.97. The summed E-state index contributed by atoms with van der Waals surface area (Å²) in [6.45, 7) is 2.90. The van der Waals surface area contributed by atoms with Crippen LogP contribution < -0.4 is 5.32 Å². The molecule has 1 aromatic heterocycles. The fourth-order valence-corrected chi connectivity index (χ4v) is 1.12. The van der Waals surface area contributed by atoms with Crippen molar-refractivity contribution in [1.29, 1.82) is 0 Å². The largest absolute Gasteiger partial charge is 0.367 e. The third-order valence-electron chi connectivity index (χ3n) is 1.88. The molecule has 0 bridgehead atoms. The van der Waals surface area contributed by atoms with E-state index in [1.54, 1.807) is 0 Å². The normalized spacial score (nSPS) is 9.92. The fraction of sp³-hybridized carbons (Fsp3) is 0.500. The van der Waals surface area contributed by atoms with Crippen LogP contribution in [-0.2, 0) is 11.2 Å². The zero-order chi connectivity index (χ0) is 9.52. The first-order valence-corrected chi connectivity index (χ1v) is 4.71. The molecule has 0 spiro atoms. The zero-order valence-corrected chi connectivity index (χ0v) is 7.97. The maximum atomic E-state index is 11.3. The number of carbonyl (C=O) groups is 1. The van der Waals surface area contributed by atoms with Crippen LogP contribution in [0.1, 0.15) is 25.3 Å². The molecule has 1 aromatic rings. The minimum atomic E-state index is 0.105. The van der Waals surface area contributed by atoms with Crippen LogP contribution in [0.4, 0.5) is 0 Å². The third-order valence-corrected chi connectivity index (χ3v) is 1.88. The van der Waals surface area contributed by atoms with Gasteiger partial charge < -0.3 is 10.3 Å². The molecule has 1 heterocycles. The SMILES string of the molecule is CCCCNC(=O)Cc1cc[nH]c1. The summed E-state index contributed by atoms with van der Waals surface area (Å²) in [5.41, 5.74) is 1.04. The molecule has 3 heteroatoms. The van der Waals surface area contributed by atoms with Crippen molar-refractivity contribution in [3.05, 3.63) is 24.0 Å². The van der Waals surface area contributed by atoms with Crippen molar-refractivity contribution < 1.29 is 4.79 Å². The van der Waals surface area contributed by atoms with E-state index in [-0.39, 0.29) is 5.91 Å². The molecule has 0 aliphatic rings. The molecule has 0 radical (unpaired) electrons. The molecule has 0 saturated heterocycles. The fourth-order valence-electron chi connectivity index (χ4n) is 1.12. The average molecular weight is 180 g/mol. The standard InChI is InChI=1S/C10H16N2O/c1-2-3-5-12-10(13)7-9-4-6-11-8-9/h4,6,8,11H,2-3,5,7H2,1H3,(H,12,13). The number of hydrogen-bond donors (Lipinski definition) is 2. The van der Waals surface area contributed by atoms with E-state index in [9.17, 15) is 4.79 Å². The number of amides is 1. The highest BCUT2D eigenvalue weighted by molar-refractivity contribution is 5.78. The molecule has 0 atom stereocenters. The summed E-state index contributed by atoms with van der Waals surface area (Å²) < 4.78 is 0. The molecule has 0 aliphatic carbocycles. The highest BCUT2D eigenvalue weighted by Gasteiger charge is 2.01. The lowest BCUT2D eigenvalue weighted by molar-refractivity contribution is -0.120. The quantitative estimate of drug-likeness (QED) is 0.662. The topological polar surface area (TPSA) is 44.9 Å². The van der Waals surface area contributed by atoms with E-state index >= 15 is 0 Å². The van der Waals surface area contributed by atoms with Gasteiger partial charge in [0.2, 0.25) is 5.91 Å². The van der Waals surface area contributed by atoms with Gasteiger partial charge >= 0.3 is 0 Å². The number of rotatable bonds is 5. The second-order valence-corrected chi connectivity index (χ2v) is 3.10. The lowest BCUT2D eigenvalue weighted by atomic mass is 10.2. The molecule has 2 N–H and O–H groups in total. The van der Waals surface area contributed by atoms with Gasteiger partial charge in [-0.25, -0.2) is 0 Å². The van der Waals surface area contributed by atoms with Crippen LogP contribution in [0.15, 0.2) is 18.5 Å². The van der Waals surface area contributed by atoms with Crippen molar-refractivity contribution in [2.75, 3.05) is 6.54 Å². The minimum absolute atomic E-state index is 0.105. The lowest BCUT2D eigenvalue weighted by Crippen LogP contribution is -2.25. The number of H-pyrrole nitrogens is 1. The van der Waals surface area contributed by atoms with Crippen LogP contribution in [-0.4, -0.2) is 17.4 Å². The van der Waals surface area contributed by atoms with Gasteiger partial charge in [-0.2, -0.15) is 0 Å².